The van der Waals surface area contributed by atoms with Gasteiger partial charge in [0.05, 0.1) is 0 Å². The van der Waals surface area contributed by atoms with Gasteiger partial charge >= 0.3 is 5.97 Å². The van der Waals surface area contributed by atoms with Crippen molar-refractivity contribution in [1.82, 2.24) is 4.90 Å². The molecule has 0 aromatic rings. The van der Waals surface area contributed by atoms with Crippen LogP contribution < -0.4 is 0 Å². The van der Waals surface area contributed by atoms with Crippen molar-refractivity contribution in [2.45, 2.75) is 89.1 Å². The van der Waals surface area contributed by atoms with Crippen molar-refractivity contribution in [3.8, 4) is 0 Å². The van der Waals surface area contributed by atoms with E-state index in [-0.39, 0.29) is 6.04 Å². The number of carboxylic acids is 1. The Morgan fingerprint density at radius 2 is 1.52 bits per heavy atom. The van der Waals surface area contributed by atoms with Crippen molar-refractivity contribution in [1.29, 1.82) is 0 Å². The summed E-state index contributed by atoms with van der Waals surface area (Å²) in [5, 5.41) is 9.64. The van der Waals surface area contributed by atoms with Crippen LogP contribution in [0.25, 0.3) is 0 Å². The fraction of sp³-hybridized carbons (Fsp3) is 0.944. The van der Waals surface area contributed by atoms with Gasteiger partial charge in [-0.1, -0.05) is 38.5 Å². The summed E-state index contributed by atoms with van der Waals surface area (Å²) in [7, 11) is 0. The van der Waals surface area contributed by atoms with E-state index in [1.165, 1.54) is 64.2 Å². The van der Waals surface area contributed by atoms with Gasteiger partial charge in [-0.25, -0.2) is 0 Å². The molecule has 3 atom stereocenters. The van der Waals surface area contributed by atoms with E-state index >= 15 is 0 Å². The number of hydrogen-bond acceptors (Lipinski definition) is 2. The minimum atomic E-state index is -0.576. The molecule has 3 rings (SSSR count). The Labute approximate surface area is 129 Å². The fourth-order valence-electron chi connectivity index (χ4n) is 5.10. The molecule has 0 amide bonds. The maximum absolute atomic E-state index is 11.7. The van der Waals surface area contributed by atoms with Crippen LogP contribution in [0.5, 0.6) is 0 Å². The van der Waals surface area contributed by atoms with Crippen molar-refractivity contribution in [2.24, 2.45) is 11.8 Å². The number of aliphatic carboxylic acids is 1. The minimum absolute atomic E-state index is 0.201. The Morgan fingerprint density at radius 1 is 0.857 bits per heavy atom. The smallest absolute Gasteiger partial charge is 0.320 e. The van der Waals surface area contributed by atoms with Gasteiger partial charge in [0, 0.05) is 12.6 Å². The maximum Gasteiger partial charge on any atom is 0.320 e. The summed E-state index contributed by atoms with van der Waals surface area (Å²) in [6, 6.07) is 0.365. The van der Waals surface area contributed by atoms with Crippen molar-refractivity contribution in [3.63, 3.8) is 0 Å². The van der Waals surface area contributed by atoms with Gasteiger partial charge in [0.2, 0.25) is 0 Å². The quantitative estimate of drug-likeness (QED) is 0.798. The van der Waals surface area contributed by atoms with Crippen molar-refractivity contribution < 1.29 is 9.90 Å². The summed E-state index contributed by atoms with van der Waals surface area (Å²) < 4.78 is 0. The summed E-state index contributed by atoms with van der Waals surface area (Å²) in [6.07, 6.45) is 15.3. The summed E-state index contributed by atoms with van der Waals surface area (Å²) in [4.78, 5) is 14.1. The van der Waals surface area contributed by atoms with Crippen LogP contribution in [0.2, 0.25) is 0 Å². The first-order valence-corrected chi connectivity index (χ1v) is 9.24. The van der Waals surface area contributed by atoms with Gasteiger partial charge in [0.1, 0.15) is 6.04 Å². The van der Waals surface area contributed by atoms with Gasteiger partial charge in [-0.3, -0.25) is 9.69 Å². The summed E-state index contributed by atoms with van der Waals surface area (Å²) in [5.41, 5.74) is 0. The molecule has 0 spiro atoms. The summed E-state index contributed by atoms with van der Waals surface area (Å²) in [5.74, 6) is 0.947. The van der Waals surface area contributed by atoms with E-state index in [1.54, 1.807) is 0 Å². The number of carbonyl (C=O) groups is 1. The van der Waals surface area contributed by atoms with E-state index in [2.05, 4.69) is 4.90 Å². The highest BCUT2D eigenvalue weighted by molar-refractivity contribution is 5.73. The highest BCUT2D eigenvalue weighted by atomic mass is 16.4. The third-order valence-electron chi connectivity index (χ3n) is 6.23. The lowest BCUT2D eigenvalue weighted by Gasteiger charge is -2.48. The molecule has 1 aliphatic heterocycles. The molecule has 1 heterocycles. The highest BCUT2D eigenvalue weighted by Gasteiger charge is 2.41. The van der Waals surface area contributed by atoms with Crippen molar-refractivity contribution >= 4 is 5.97 Å². The normalized spacial score (nSPS) is 35.9. The maximum atomic E-state index is 11.7. The predicted octanol–water partition coefficient (Wildman–Crippen LogP) is 4.06. The molecule has 1 N–H and O–H groups in total. The number of rotatable bonds is 3. The molecule has 0 aromatic heterocycles. The van der Waals surface area contributed by atoms with Crippen LogP contribution in [0.3, 0.4) is 0 Å². The van der Waals surface area contributed by atoms with Gasteiger partial charge < -0.3 is 5.11 Å². The molecule has 3 fully saturated rings. The molecule has 3 nitrogen and oxygen atoms in total. The number of hydrogen-bond donors (Lipinski definition) is 1. The molecule has 2 saturated carbocycles. The molecular weight excluding hydrogens is 262 g/mol. The zero-order valence-electron chi connectivity index (χ0n) is 13.3. The number of piperidine rings is 1. The average Bonchev–Trinajstić information content (AvgIpc) is 2.76. The van der Waals surface area contributed by atoms with Crippen LogP contribution >= 0.6 is 0 Å². The van der Waals surface area contributed by atoms with E-state index < -0.39 is 5.97 Å². The van der Waals surface area contributed by atoms with Crippen LogP contribution in [0.15, 0.2) is 0 Å². The lowest BCUT2D eigenvalue weighted by molar-refractivity contribution is -0.148. The lowest BCUT2D eigenvalue weighted by atomic mass is 9.75. The standard InChI is InChI=1S/C18H31NO2/c20-18(21)17-12-11-15-9-5-6-10-16(15)19(17)13-14-7-3-1-2-4-8-14/h14-17H,1-13H2,(H,20,21). The summed E-state index contributed by atoms with van der Waals surface area (Å²) in [6.45, 7) is 1.05. The lowest BCUT2D eigenvalue weighted by Crippen LogP contribution is -2.56. The van der Waals surface area contributed by atoms with Gasteiger partial charge in [-0.15, -0.1) is 0 Å². The molecule has 3 unspecified atom stereocenters. The Kier molecular flexibility index (Phi) is 5.20. The highest BCUT2D eigenvalue weighted by Crippen LogP contribution is 2.39. The molecule has 21 heavy (non-hydrogen) atoms. The number of carboxylic acid groups (broad SMARTS) is 1. The van der Waals surface area contributed by atoms with Crippen LogP contribution in [-0.4, -0.2) is 34.6 Å². The minimum Gasteiger partial charge on any atom is -0.480 e. The number of fused-ring (bicyclic) bond motifs is 1. The number of likely N-dealkylation sites (tertiary alicyclic amines) is 1. The predicted molar refractivity (Wildman–Crippen MR) is 84.3 cm³/mol. The van der Waals surface area contributed by atoms with E-state index in [9.17, 15) is 9.90 Å². The average molecular weight is 293 g/mol. The monoisotopic (exact) mass is 293 g/mol. The van der Waals surface area contributed by atoms with Gasteiger partial charge in [-0.2, -0.15) is 0 Å². The molecule has 3 aliphatic rings. The first-order valence-electron chi connectivity index (χ1n) is 9.24. The van der Waals surface area contributed by atoms with Crippen molar-refractivity contribution in [3.05, 3.63) is 0 Å². The topological polar surface area (TPSA) is 40.5 Å². The fourth-order valence-corrected chi connectivity index (χ4v) is 5.10. The zero-order valence-corrected chi connectivity index (χ0v) is 13.3. The molecule has 1 saturated heterocycles. The van der Waals surface area contributed by atoms with E-state index in [0.717, 1.165) is 31.2 Å². The van der Waals surface area contributed by atoms with Crippen LogP contribution in [0, 0.1) is 11.8 Å². The third kappa shape index (κ3) is 3.61. The van der Waals surface area contributed by atoms with E-state index in [0.29, 0.717) is 6.04 Å². The van der Waals surface area contributed by atoms with E-state index in [4.69, 9.17) is 0 Å². The molecular formula is C18H31NO2. The molecule has 0 radical (unpaired) electrons. The first-order chi connectivity index (χ1) is 10.3. The molecule has 0 bridgehead atoms. The Morgan fingerprint density at radius 3 is 2.24 bits per heavy atom. The second-order valence-corrected chi connectivity index (χ2v) is 7.60. The second kappa shape index (κ2) is 7.13. The van der Waals surface area contributed by atoms with Gasteiger partial charge in [0.15, 0.2) is 0 Å². The van der Waals surface area contributed by atoms with Crippen LogP contribution in [-0.2, 0) is 4.79 Å². The molecule has 3 heteroatoms. The Hall–Kier alpha value is -0.570. The van der Waals surface area contributed by atoms with Crippen molar-refractivity contribution in [2.75, 3.05) is 6.54 Å². The molecule has 0 aromatic carbocycles. The second-order valence-electron chi connectivity index (χ2n) is 7.60. The largest absolute Gasteiger partial charge is 0.480 e. The first kappa shape index (κ1) is 15.3. The van der Waals surface area contributed by atoms with E-state index in [1.807, 2.05) is 0 Å². The summed E-state index contributed by atoms with van der Waals surface area (Å²) >= 11 is 0. The molecule has 2 aliphatic carbocycles. The van der Waals surface area contributed by atoms with Gasteiger partial charge in [0.25, 0.3) is 0 Å². The number of nitrogens with zero attached hydrogens (tertiary/aromatic N) is 1. The SMILES string of the molecule is O=C(O)C1CCC2CCCCC2N1CC1CCCCCC1. The van der Waals surface area contributed by atoms with Gasteiger partial charge in [-0.05, 0) is 50.4 Å². The Bertz CT molecular complexity index is 349. The third-order valence-corrected chi connectivity index (χ3v) is 6.23. The molecule has 120 valence electrons. The zero-order chi connectivity index (χ0) is 14.7. The van der Waals surface area contributed by atoms with Crippen LogP contribution in [0.1, 0.15) is 77.0 Å². The van der Waals surface area contributed by atoms with Crippen LogP contribution in [0.4, 0.5) is 0 Å². The Balaban J connectivity index is 1.70.